The van der Waals surface area contributed by atoms with Crippen molar-refractivity contribution in [3.63, 3.8) is 0 Å². The molecule has 0 aromatic heterocycles. The van der Waals surface area contributed by atoms with E-state index >= 15 is 0 Å². The Morgan fingerprint density at radius 1 is 0.944 bits per heavy atom. The van der Waals surface area contributed by atoms with Gasteiger partial charge >= 0.3 is 0 Å². The van der Waals surface area contributed by atoms with E-state index in [1.54, 1.807) is 0 Å². The first kappa shape index (κ1) is 15.9. The maximum atomic E-state index is 9.68. The maximum absolute atomic E-state index is 9.68. The third-order valence-corrected chi connectivity index (χ3v) is 3.79. The highest BCUT2D eigenvalue weighted by Gasteiger charge is 2.40. The first-order valence-electron chi connectivity index (χ1n) is 7.84. The molecule has 18 heavy (non-hydrogen) atoms. The molecule has 0 amide bonds. The number of rotatable bonds is 12. The molecule has 1 rings (SSSR count). The van der Waals surface area contributed by atoms with Crippen LogP contribution in [0.3, 0.4) is 0 Å². The normalized spacial score (nSPS) is 24.2. The lowest BCUT2D eigenvalue weighted by molar-refractivity contribution is 0.123. The van der Waals surface area contributed by atoms with Gasteiger partial charge in [0.2, 0.25) is 0 Å². The van der Waals surface area contributed by atoms with Crippen LogP contribution in [0.4, 0.5) is 0 Å². The zero-order chi connectivity index (χ0) is 13.2. The lowest BCUT2D eigenvalue weighted by atomic mass is 10.0. The quantitative estimate of drug-likeness (QED) is 0.416. The Bertz CT molecular complexity index is 199. The molecular formula is C15H31NO2. The van der Waals surface area contributed by atoms with E-state index in [1.807, 2.05) is 0 Å². The fraction of sp³-hybridized carbons (Fsp3) is 1.00. The lowest BCUT2D eigenvalue weighted by Crippen LogP contribution is -2.20. The van der Waals surface area contributed by atoms with Gasteiger partial charge in [-0.15, -0.1) is 0 Å². The number of hydrogen-bond acceptors (Lipinski definition) is 3. The summed E-state index contributed by atoms with van der Waals surface area (Å²) in [6.07, 6.45) is 13.5. The number of epoxide rings is 1. The van der Waals surface area contributed by atoms with Crippen LogP contribution in [0.15, 0.2) is 0 Å². The average molecular weight is 257 g/mol. The Morgan fingerprint density at radius 3 is 1.83 bits per heavy atom. The average Bonchev–Trinajstić information content (AvgIpc) is 3.09. The molecule has 1 aliphatic rings. The van der Waals surface area contributed by atoms with Crippen molar-refractivity contribution < 1.29 is 9.84 Å². The van der Waals surface area contributed by atoms with Gasteiger partial charge in [0.25, 0.3) is 0 Å². The van der Waals surface area contributed by atoms with Crippen molar-refractivity contribution >= 4 is 0 Å². The molecule has 0 bridgehead atoms. The third kappa shape index (κ3) is 7.34. The Hall–Kier alpha value is -0.120. The van der Waals surface area contributed by atoms with Crippen LogP contribution in [0.25, 0.3) is 0 Å². The van der Waals surface area contributed by atoms with Gasteiger partial charge in [0.05, 0.1) is 6.10 Å². The smallest absolute Gasteiger partial charge is 0.135 e. The van der Waals surface area contributed by atoms with Crippen LogP contribution in [0.2, 0.25) is 0 Å². The minimum absolute atomic E-state index is 0.0800. The Morgan fingerprint density at radius 2 is 1.39 bits per heavy atom. The second-order valence-corrected chi connectivity index (χ2v) is 5.60. The highest BCUT2D eigenvalue weighted by molar-refractivity contribution is 4.85. The number of aliphatic hydroxyl groups is 1. The summed E-state index contributed by atoms with van der Waals surface area (Å²) in [7, 11) is 0. The first-order valence-corrected chi connectivity index (χ1v) is 7.84. The van der Waals surface area contributed by atoms with E-state index < -0.39 is 0 Å². The summed E-state index contributed by atoms with van der Waals surface area (Å²) in [6, 6.07) is 0. The van der Waals surface area contributed by atoms with E-state index in [0.29, 0.717) is 0 Å². The Kier molecular flexibility index (Phi) is 8.64. The van der Waals surface area contributed by atoms with Gasteiger partial charge in [0.1, 0.15) is 12.3 Å². The number of hydrogen-bond donors (Lipinski definition) is 2. The summed E-state index contributed by atoms with van der Waals surface area (Å²) in [4.78, 5) is 0. The van der Waals surface area contributed by atoms with E-state index in [2.05, 4.69) is 6.92 Å². The summed E-state index contributed by atoms with van der Waals surface area (Å²) >= 11 is 0. The van der Waals surface area contributed by atoms with E-state index in [0.717, 1.165) is 12.8 Å². The van der Waals surface area contributed by atoms with Crippen molar-refractivity contribution in [2.24, 2.45) is 5.73 Å². The minimum atomic E-state index is -0.339. The number of aliphatic hydroxyl groups excluding tert-OH is 1. The van der Waals surface area contributed by atoms with Crippen LogP contribution in [-0.4, -0.2) is 23.5 Å². The molecule has 3 nitrogen and oxygen atoms in total. The van der Waals surface area contributed by atoms with Crippen LogP contribution in [0.1, 0.15) is 77.6 Å². The second-order valence-electron chi connectivity index (χ2n) is 5.60. The van der Waals surface area contributed by atoms with Gasteiger partial charge in [-0.1, -0.05) is 71.1 Å². The first-order chi connectivity index (χ1) is 8.75. The molecule has 0 aromatic carbocycles. The predicted octanol–water partition coefficient (Wildman–Crippen LogP) is 3.34. The van der Waals surface area contributed by atoms with Crippen molar-refractivity contribution in [3.8, 4) is 0 Å². The topological polar surface area (TPSA) is 58.8 Å². The van der Waals surface area contributed by atoms with Crippen molar-refractivity contribution in [2.75, 3.05) is 0 Å². The number of nitrogens with two attached hydrogens (primary N) is 1. The van der Waals surface area contributed by atoms with Gasteiger partial charge in [-0.05, 0) is 6.42 Å². The molecule has 2 unspecified atom stereocenters. The van der Waals surface area contributed by atoms with Gasteiger partial charge in [-0.2, -0.15) is 0 Å². The molecule has 0 aromatic rings. The maximum Gasteiger partial charge on any atom is 0.135 e. The van der Waals surface area contributed by atoms with E-state index in [1.165, 1.54) is 57.8 Å². The van der Waals surface area contributed by atoms with E-state index in [9.17, 15) is 5.11 Å². The molecule has 0 spiro atoms. The molecule has 3 heteroatoms. The van der Waals surface area contributed by atoms with E-state index in [-0.39, 0.29) is 18.4 Å². The molecule has 1 heterocycles. The SMILES string of the molecule is CCCCCCCCCCCC[C@@H](O)C1OC1N. The van der Waals surface area contributed by atoms with Gasteiger partial charge in [0, 0.05) is 0 Å². The minimum Gasteiger partial charge on any atom is -0.390 e. The van der Waals surface area contributed by atoms with Crippen molar-refractivity contribution in [2.45, 2.75) is 96.0 Å². The largest absolute Gasteiger partial charge is 0.390 e. The third-order valence-electron chi connectivity index (χ3n) is 3.79. The molecule has 1 saturated heterocycles. The van der Waals surface area contributed by atoms with Gasteiger partial charge < -0.3 is 15.6 Å². The summed E-state index contributed by atoms with van der Waals surface area (Å²) in [5.41, 5.74) is 5.51. The molecule has 0 aliphatic carbocycles. The van der Waals surface area contributed by atoms with Crippen LogP contribution in [0.5, 0.6) is 0 Å². The molecule has 0 saturated carbocycles. The zero-order valence-corrected chi connectivity index (χ0v) is 11.9. The monoisotopic (exact) mass is 257 g/mol. The molecule has 0 radical (unpaired) electrons. The number of unbranched alkanes of at least 4 members (excludes halogenated alkanes) is 9. The molecular weight excluding hydrogens is 226 g/mol. The van der Waals surface area contributed by atoms with Crippen molar-refractivity contribution in [1.82, 2.24) is 0 Å². The molecule has 1 fully saturated rings. The summed E-state index contributed by atoms with van der Waals surface area (Å²) in [5.74, 6) is 0. The summed E-state index contributed by atoms with van der Waals surface area (Å²) < 4.78 is 5.05. The van der Waals surface area contributed by atoms with Crippen LogP contribution >= 0.6 is 0 Å². The standard InChI is InChI=1S/C15H31NO2/c1-2-3-4-5-6-7-8-9-10-11-12-13(17)14-15(16)18-14/h13-15,17H,2-12,16H2,1H3/t13-,14?,15?/m1/s1. The molecule has 108 valence electrons. The fourth-order valence-electron chi connectivity index (χ4n) is 2.45. The van der Waals surface area contributed by atoms with Crippen molar-refractivity contribution in [3.05, 3.63) is 0 Å². The highest BCUT2D eigenvalue weighted by Crippen LogP contribution is 2.23. The molecule has 1 aliphatic heterocycles. The summed E-state index contributed by atoms with van der Waals surface area (Å²) in [6.45, 7) is 2.26. The molecule has 3 N–H and O–H groups in total. The van der Waals surface area contributed by atoms with Crippen LogP contribution < -0.4 is 5.73 Å². The van der Waals surface area contributed by atoms with Crippen LogP contribution in [-0.2, 0) is 4.74 Å². The fourth-order valence-corrected chi connectivity index (χ4v) is 2.45. The van der Waals surface area contributed by atoms with Crippen LogP contribution in [0, 0.1) is 0 Å². The number of ether oxygens (including phenoxy) is 1. The van der Waals surface area contributed by atoms with E-state index in [4.69, 9.17) is 10.5 Å². The highest BCUT2D eigenvalue weighted by atomic mass is 16.6. The molecule has 3 atom stereocenters. The van der Waals surface area contributed by atoms with Gasteiger partial charge in [-0.3, -0.25) is 0 Å². The predicted molar refractivity (Wildman–Crippen MR) is 75.3 cm³/mol. The summed E-state index contributed by atoms with van der Waals surface area (Å²) in [5, 5.41) is 9.68. The van der Waals surface area contributed by atoms with Gasteiger partial charge in [-0.25, -0.2) is 0 Å². The lowest BCUT2D eigenvalue weighted by Gasteiger charge is -2.06. The van der Waals surface area contributed by atoms with Gasteiger partial charge in [0.15, 0.2) is 0 Å². The Balaban J connectivity index is 1.73. The Labute approximate surface area is 112 Å². The second kappa shape index (κ2) is 9.76. The van der Waals surface area contributed by atoms with Crippen molar-refractivity contribution in [1.29, 1.82) is 0 Å². The zero-order valence-electron chi connectivity index (χ0n) is 11.9.